The number of aryl methyl sites for hydroxylation is 1. The molecule has 1 fully saturated rings. The highest BCUT2D eigenvalue weighted by molar-refractivity contribution is 7.09. The van der Waals surface area contributed by atoms with Crippen molar-refractivity contribution in [3.05, 3.63) is 39.1 Å². The van der Waals surface area contributed by atoms with Gasteiger partial charge < -0.3 is 9.88 Å². The molecule has 1 amide bonds. The predicted molar refractivity (Wildman–Crippen MR) is 97.1 cm³/mol. The second-order valence-electron chi connectivity index (χ2n) is 6.83. The summed E-state index contributed by atoms with van der Waals surface area (Å²) in [6, 6.07) is 4.19. The molecule has 0 aromatic carbocycles. The SMILES string of the molecule is CC(=O)NC1(c2nc(C)cs2)CCN(Cc2cc(C#N)n(C)c2C)C1. The minimum Gasteiger partial charge on any atom is -0.343 e. The van der Waals surface area contributed by atoms with Crippen LogP contribution in [0.3, 0.4) is 0 Å². The summed E-state index contributed by atoms with van der Waals surface area (Å²) in [4.78, 5) is 18.8. The van der Waals surface area contributed by atoms with E-state index in [1.807, 2.05) is 36.9 Å². The summed E-state index contributed by atoms with van der Waals surface area (Å²) in [6.45, 7) is 7.96. The van der Waals surface area contributed by atoms with Gasteiger partial charge in [-0.3, -0.25) is 9.69 Å². The van der Waals surface area contributed by atoms with E-state index in [4.69, 9.17) is 0 Å². The van der Waals surface area contributed by atoms with Gasteiger partial charge in [0, 0.05) is 50.4 Å². The van der Waals surface area contributed by atoms with E-state index in [0.717, 1.165) is 48.0 Å². The number of aromatic nitrogens is 2. The average Bonchev–Trinajstić information content (AvgIpc) is 3.22. The Kier molecular flexibility index (Phi) is 4.67. The standard InChI is InChI=1S/C18H23N5OS/c1-12-10-25-17(20-12)18(21-14(3)24)5-6-23(11-18)9-15-7-16(8-19)22(4)13(15)2/h7,10H,5-6,9,11H2,1-4H3,(H,21,24). The zero-order valence-electron chi connectivity index (χ0n) is 15.1. The van der Waals surface area contributed by atoms with Crippen molar-refractivity contribution in [2.45, 2.75) is 39.3 Å². The van der Waals surface area contributed by atoms with E-state index in [-0.39, 0.29) is 5.91 Å². The molecule has 0 saturated carbocycles. The molecule has 6 nitrogen and oxygen atoms in total. The van der Waals surface area contributed by atoms with Gasteiger partial charge in [0.1, 0.15) is 22.3 Å². The van der Waals surface area contributed by atoms with E-state index in [2.05, 4.69) is 21.3 Å². The molecule has 0 aliphatic carbocycles. The maximum Gasteiger partial charge on any atom is 0.217 e. The van der Waals surface area contributed by atoms with Crippen molar-refractivity contribution in [2.24, 2.45) is 7.05 Å². The maximum atomic E-state index is 11.8. The molecular formula is C18H23N5OS. The van der Waals surface area contributed by atoms with Gasteiger partial charge in [-0.15, -0.1) is 11.3 Å². The molecule has 0 radical (unpaired) electrons. The number of carbonyl (C=O) groups is 1. The monoisotopic (exact) mass is 357 g/mol. The fourth-order valence-electron chi connectivity index (χ4n) is 3.54. The van der Waals surface area contributed by atoms with Gasteiger partial charge in [0.2, 0.25) is 5.91 Å². The summed E-state index contributed by atoms with van der Waals surface area (Å²) in [5.74, 6) is -0.0302. The van der Waals surface area contributed by atoms with Crippen LogP contribution in [0, 0.1) is 25.2 Å². The van der Waals surface area contributed by atoms with Gasteiger partial charge in [0.25, 0.3) is 0 Å². The van der Waals surface area contributed by atoms with Gasteiger partial charge in [-0.1, -0.05) is 0 Å². The van der Waals surface area contributed by atoms with Gasteiger partial charge in [0.15, 0.2) is 0 Å². The lowest BCUT2D eigenvalue weighted by Crippen LogP contribution is -2.47. The van der Waals surface area contributed by atoms with Crippen molar-refractivity contribution in [3.8, 4) is 6.07 Å². The lowest BCUT2D eigenvalue weighted by atomic mass is 9.99. The Bertz CT molecular complexity index is 846. The lowest BCUT2D eigenvalue weighted by Gasteiger charge is -2.28. The van der Waals surface area contributed by atoms with Crippen LogP contribution in [0.1, 0.15) is 41.0 Å². The lowest BCUT2D eigenvalue weighted by molar-refractivity contribution is -0.120. The van der Waals surface area contributed by atoms with Crippen LogP contribution in [0.15, 0.2) is 11.4 Å². The molecule has 3 rings (SSSR count). The summed E-state index contributed by atoms with van der Waals surface area (Å²) in [6.07, 6.45) is 0.844. The molecule has 2 aromatic heterocycles. The van der Waals surface area contributed by atoms with E-state index >= 15 is 0 Å². The Morgan fingerprint density at radius 2 is 2.28 bits per heavy atom. The average molecular weight is 357 g/mol. The van der Waals surface area contributed by atoms with Crippen LogP contribution < -0.4 is 5.32 Å². The summed E-state index contributed by atoms with van der Waals surface area (Å²) in [7, 11) is 1.92. The number of nitrogens with one attached hydrogen (secondary N) is 1. The number of likely N-dealkylation sites (tertiary alicyclic amines) is 1. The van der Waals surface area contributed by atoms with Crippen molar-refractivity contribution >= 4 is 17.2 Å². The minimum absolute atomic E-state index is 0.0302. The van der Waals surface area contributed by atoms with Gasteiger partial charge in [-0.2, -0.15) is 5.26 Å². The zero-order chi connectivity index (χ0) is 18.2. The predicted octanol–water partition coefficient (Wildman–Crippen LogP) is 2.21. The summed E-state index contributed by atoms with van der Waals surface area (Å²) < 4.78 is 1.93. The van der Waals surface area contributed by atoms with Crippen LogP contribution in [0.25, 0.3) is 0 Å². The molecule has 7 heteroatoms. The van der Waals surface area contributed by atoms with E-state index in [1.165, 1.54) is 0 Å². The van der Waals surface area contributed by atoms with Crippen molar-refractivity contribution in [2.75, 3.05) is 13.1 Å². The molecule has 3 heterocycles. The van der Waals surface area contributed by atoms with Crippen LogP contribution in [0.5, 0.6) is 0 Å². The van der Waals surface area contributed by atoms with Crippen LogP contribution in [0.2, 0.25) is 0 Å². The molecule has 0 spiro atoms. The quantitative estimate of drug-likeness (QED) is 0.910. The third kappa shape index (κ3) is 3.32. The Labute approximate surface area is 152 Å². The van der Waals surface area contributed by atoms with Gasteiger partial charge >= 0.3 is 0 Å². The first-order valence-corrected chi connectivity index (χ1v) is 9.21. The number of rotatable bonds is 4. The number of hydrogen-bond acceptors (Lipinski definition) is 5. The highest BCUT2D eigenvalue weighted by Gasteiger charge is 2.42. The number of carbonyl (C=O) groups excluding carboxylic acids is 1. The van der Waals surface area contributed by atoms with E-state index in [0.29, 0.717) is 5.69 Å². The Balaban J connectivity index is 1.83. The van der Waals surface area contributed by atoms with Gasteiger partial charge in [-0.25, -0.2) is 4.98 Å². The van der Waals surface area contributed by atoms with Crippen molar-refractivity contribution in [1.29, 1.82) is 5.26 Å². The number of nitriles is 1. The Morgan fingerprint density at radius 3 is 2.84 bits per heavy atom. The maximum absolute atomic E-state index is 11.8. The fourth-order valence-corrected chi connectivity index (χ4v) is 4.51. The molecule has 0 bridgehead atoms. The molecule has 1 atom stereocenters. The van der Waals surface area contributed by atoms with Crippen molar-refractivity contribution in [1.82, 2.24) is 19.8 Å². The van der Waals surface area contributed by atoms with Crippen LogP contribution in [-0.2, 0) is 23.9 Å². The van der Waals surface area contributed by atoms with Crippen molar-refractivity contribution < 1.29 is 4.79 Å². The molecule has 1 unspecified atom stereocenters. The minimum atomic E-state index is -0.411. The molecule has 132 valence electrons. The number of hydrogen-bond donors (Lipinski definition) is 1. The largest absolute Gasteiger partial charge is 0.343 e. The molecular weight excluding hydrogens is 334 g/mol. The fraction of sp³-hybridized carbons (Fsp3) is 0.500. The van der Waals surface area contributed by atoms with Gasteiger partial charge in [0.05, 0.1) is 0 Å². The number of amides is 1. The first kappa shape index (κ1) is 17.6. The van der Waals surface area contributed by atoms with Gasteiger partial charge in [-0.05, 0) is 31.9 Å². The van der Waals surface area contributed by atoms with Crippen molar-refractivity contribution in [3.63, 3.8) is 0 Å². The van der Waals surface area contributed by atoms with Crippen LogP contribution >= 0.6 is 11.3 Å². The van der Waals surface area contributed by atoms with E-state index in [9.17, 15) is 10.1 Å². The molecule has 1 aliphatic heterocycles. The smallest absolute Gasteiger partial charge is 0.217 e. The normalized spacial score (nSPS) is 20.6. The second kappa shape index (κ2) is 6.62. The summed E-state index contributed by atoms with van der Waals surface area (Å²) in [5, 5.41) is 15.4. The first-order valence-electron chi connectivity index (χ1n) is 8.33. The van der Waals surface area contributed by atoms with E-state index in [1.54, 1.807) is 18.3 Å². The van der Waals surface area contributed by atoms with Crippen LogP contribution in [0.4, 0.5) is 0 Å². The number of nitrogens with zero attached hydrogens (tertiary/aromatic N) is 4. The molecule has 2 aromatic rings. The third-order valence-corrected chi connectivity index (χ3v) is 6.10. The molecule has 1 aliphatic rings. The van der Waals surface area contributed by atoms with E-state index < -0.39 is 5.54 Å². The second-order valence-corrected chi connectivity index (χ2v) is 7.69. The zero-order valence-corrected chi connectivity index (χ0v) is 15.9. The number of thiazole rings is 1. The Morgan fingerprint density at radius 1 is 1.52 bits per heavy atom. The summed E-state index contributed by atoms with van der Waals surface area (Å²) >= 11 is 1.61. The molecule has 25 heavy (non-hydrogen) atoms. The topological polar surface area (TPSA) is 74.0 Å². The summed E-state index contributed by atoms with van der Waals surface area (Å²) in [5.41, 5.74) is 3.52. The first-order chi connectivity index (χ1) is 11.8. The highest BCUT2D eigenvalue weighted by atomic mass is 32.1. The molecule has 1 N–H and O–H groups in total. The molecule has 1 saturated heterocycles. The third-order valence-electron chi connectivity index (χ3n) is 4.94. The highest BCUT2D eigenvalue weighted by Crippen LogP contribution is 2.35. The van der Waals surface area contributed by atoms with Crippen LogP contribution in [-0.4, -0.2) is 33.4 Å². The Hall–Kier alpha value is -2.17.